The summed E-state index contributed by atoms with van der Waals surface area (Å²) >= 11 is 0. The number of halogens is 1. The quantitative estimate of drug-likeness (QED) is 0.238. The summed E-state index contributed by atoms with van der Waals surface area (Å²) < 4.78 is 13.9. The highest BCUT2D eigenvalue weighted by Gasteiger charge is 2.13. The van der Waals surface area contributed by atoms with E-state index in [1.807, 2.05) is 0 Å². The zero-order valence-corrected chi connectivity index (χ0v) is 12.3. The number of benzene rings is 1. The average molecular weight is 293 g/mol. The molecule has 1 aliphatic rings. The summed E-state index contributed by atoms with van der Waals surface area (Å²) in [5, 5.41) is 14.7. The molecule has 0 bridgehead atoms. The van der Waals surface area contributed by atoms with Crippen molar-refractivity contribution in [2.24, 2.45) is 16.8 Å². The number of amidine groups is 1. The van der Waals surface area contributed by atoms with Crippen molar-refractivity contribution in [2.75, 3.05) is 6.54 Å². The van der Waals surface area contributed by atoms with Crippen molar-refractivity contribution in [3.63, 3.8) is 0 Å². The van der Waals surface area contributed by atoms with E-state index >= 15 is 0 Å². The van der Waals surface area contributed by atoms with Gasteiger partial charge in [-0.15, -0.1) is 0 Å². The van der Waals surface area contributed by atoms with Crippen LogP contribution in [0.4, 0.5) is 4.39 Å². The first-order valence-corrected chi connectivity index (χ1v) is 7.67. The predicted octanol–water partition coefficient (Wildman–Crippen LogP) is 2.98. The Labute approximate surface area is 125 Å². The van der Waals surface area contributed by atoms with Crippen LogP contribution in [0.25, 0.3) is 0 Å². The molecule has 1 fully saturated rings. The third-order valence-corrected chi connectivity index (χ3v) is 4.21. The first-order valence-electron chi connectivity index (χ1n) is 7.67. The maximum absolute atomic E-state index is 13.9. The van der Waals surface area contributed by atoms with Crippen LogP contribution >= 0.6 is 0 Å². The van der Waals surface area contributed by atoms with Gasteiger partial charge in [-0.3, -0.25) is 0 Å². The molecule has 1 aromatic carbocycles. The number of rotatable bonds is 7. The lowest BCUT2D eigenvalue weighted by Gasteiger charge is -2.10. The number of oxime groups is 1. The summed E-state index contributed by atoms with van der Waals surface area (Å²) in [6, 6.07) is 4.63. The second kappa shape index (κ2) is 7.98. The van der Waals surface area contributed by atoms with E-state index < -0.39 is 0 Å². The van der Waals surface area contributed by atoms with Crippen LogP contribution in [0.15, 0.2) is 23.4 Å². The molecule has 4 N–H and O–H groups in total. The van der Waals surface area contributed by atoms with Gasteiger partial charge in [-0.1, -0.05) is 43.0 Å². The van der Waals surface area contributed by atoms with E-state index in [9.17, 15) is 4.39 Å². The Bertz CT molecular complexity index is 484. The first-order chi connectivity index (χ1) is 10.2. The topological polar surface area (TPSA) is 70.6 Å². The highest BCUT2D eigenvalue weighted by Crippen LogP contribution is 2.28. The minimum absolute atomic E-state index is 0.0787. The van der Waals surface area contributed by atoms with Crippen molar-refractivity contribution in [1.82, 2.24) is 5.32 Å². The number of nitrogens with two attached hydrogens (primary N) is 1. The smallest absolute Gasteiger partial charge is 0.170 e. The van der Waals surface area contributed by atoms with Gasteiger partial charge in [0, 0.05) is 17.7 Å². The van der Waals surface area contributed by atoms with Gasteiger partial charge in [0.05, 0.1) is 0 Å². The Morgan fingerprint density at radius 1 is 1.38 bits per heavy atom. The van der Waals surface area contributed by atoms with E-state index in [-0.39, 0.29) is 11.7 Å². The van der Waals surface area contributed by atoms with Crippen molar-refractivity contribution in [1.29, 1.82) is 0 Å². The Hall–Kier alpha value is -1.62. The molecule has 0 radical (unpaired) electrons. The molecule has 1 aliphatic carbocycles. The predicted molar refractivity (Wildman–Crippen MR) is 81.8 cm³/mol. The maximum atomic E-state index is 13.9. The fourth-order valence-corrected chi connectivity index (χ4v) is 2.95. The van der Waals surface area contributed by atoms with E-state index in [1.165, 1.54) is 38.2 Å². The molecule has 21 heavy (non-hydrogen) atoms. The van der Waals surface area contributed by atoms with Gasteiger partial charge in [0.2, 0.25) is 0 Å². The lowest BCUT2D eigenvalue weighted by molar-refractivity contribution is 0.318. The molecule has 0 saturated heterocycles. The van der Waals surface area contributed by atoms with Crippen LogP contribution in [0, 0.1) is 11.7 Å². The number of nitrogens with zero attached hydrogens (tertiary/aromatic N) is 1. The Balaban J connectivity index is 1.72. The third-order valence-electron chi connectivity index (χ3n) is 4.21. The van der Waals surface area contributed by atoms with Crippen molar-refractivity contribution in [3.05, 3.63) is 35.1 Å². The lowest BCUT2D eigenvalue weighted by Crippen LogP contribution is -2.17. The van der Waals surface area contributed by atoms with E-state index in [4.69, 9.17) is 10.9 Å². The monoisotopic (exact) mass is 293 g/mol. The van der Waals surface area contributed by atoms with Crippen LogP contribution in [0.5, 0.6) is 0 Å². The normalized spacial score (nSPS) is 16.5. The standard InChI is InChI=1S/C16H24FN3O/c17-15-10-13(16(18)20-21)7-8-14(15)11-19-9-3-6-12-4-1-2-5-12/h7-8,10,12,19,21H,1-6,9,11H2,(H2,18,20). The van der Waals surface area contributed by atoms with Gasteiger partial charge in [-0.2, -0.15) is 0 Å². The molecule has 0 unspecified atom stereocenters. The second-order valence-corrected chi connectivity index (χ2v) is 5.76. The van der Waals surface area contributed by atoms with Crippen LogP contribution in [-0.4, -0.2) is 17.6 Å². The molecule has 0 aliphatic heterocycles. The van der Waals surface area contributed by atoms with E-state index in [2.05, 4.69) is 10.5 Å². The van der Waals surface area contributed by atoms with Crippen LogP contribution in [-0.2, 0) is 6.54 Å². The minimum Gasteiger partial charge on any atom is -0.409 e. The van der Waals surface area contributed by atoms with Crippen LogP contribution in [0.2, 0.25) is 0 Å². The molecule has 0 aromatic heterocycles. The Kier molecular flexibility index (Phi) is 5.99. The SMILES string of the molecule is N/C(=N/O)c1ccc(CNCCCC2CCCC2)c(F)c1. The van der Waals surface area contributed by atoms with Gasteiger partial charge in [-0.05, 0) is 31.4 Å². The summed E-state index contributed by atoms with van der Waals surface area (Å²) in [6.45, 7) is 1.42. The highest BCUT2D eigenvalue weighted by molar-refractivity contribution is 5.97. The van der Waals surface area contributed by atoms with Crippen LogP contribution in [0.3, 0.4) is 0 Å². The number of nitrogens with one attached hydrogen (secondary N) is 1. The zero-order chi connectivity index (χ0) is 15.1. The van der Waals surface area contributed by atoms with Crippen LogP contribution < -0.4 is 11.1 Å². The second-order valence-electron chi connectivity index (χ2n) is 5.76. The van der Waals surface area contributed by atoms with Gasteiger partial charge in [0.25, 0.3) is 0 Å². The summed E-state index contributed by atoms with van der Waals surface area (Å²) in [5.74, 6) is 0.496. The zero-order valence-electron chi connectivity index (χ0n) is 12.3. The molecule has 5 heteroatoms. The van der Waals surface area contributed by atoms with Gasteiger partial charge < -0.3 is 16.3 Å². The van der Waals surface area contributed by atoms with Gasteiger partial charge in [0.15, 0.2) is 5.84 Å². The molecule has 1 saturated carbocycles. The Morgan fingerprint density at radius 2 is 2.14 bits per heavy atom. The largest absolute Gasteiger partial charge is 0.409 e. The average Bonchev–Trinajstić information content (AvgIpc) is 3.00. The maximum Gasteiger partial charge on any atom is 0.170 e. The van der Waals surface area contributed by atoms with Crippen LogP contribution in [0.1, 0.15) is 49.7 Å². The summed E-state index contributed by atoms with van der Waals surface area (Å²) in [5.41, 5.74) is 6.42. The molecule has 0 heterocycles. The molecule has 116 valence electrons. The molecule has 1 aromatic rings. The van der Waals surface area contributed by atoms with Gasteiger partial charge in [0.1, 0.15) is 5.82 Å². The fourth-order valence-electron chi connectivity index (χ4n) is 2.95. The van der Waals surface area contributed by atoms with Crippen molar-refractivity contribution >= 4 is 5.84 Å². The highest BCUT2D eigenvalue weighted by atomic mass is 19.1. The molecule has 0 spiro atoms. The van der Waals surface area contributed by atoms with E-state index in [0.29, 0.717) is 17.7 Å². The molecular weight excluding hydrogens is 269 g/mol. The molecule has 4 nitrogen and oxygen atoms in total. The molecule has 0 amide bonds. The first kappa shape index (κ1) is 15.8. The minimum atomic E-state index is -0.331. The summed E-state index contributed by atoms with van der Waals surface area (Å²) in [4.78, 5) is 0. The van der Waals surface area contributed by atoms with E-state index in [1.54, 1.807) is 12.1 Å². The van der Waals surface area contributed by atoms with Crippen molar-refractivity contribution in [2.45, 2.75) is 45.1 Å². The summed E-state index contributed by atoms with van der Waals surface area (Å²) in [7, 11) is 0. The fraction of sp³-hybridized carbons (Fsp3) is 0.562. The molecular formula is C16H24FN3O. The summed E-state index contributed by atoms with van der Waals surface area (Å²) in [6.07, 6.45) is 7.95. The van der Waals surface area contributed by atoms with Crippen molar-refractivity contribution < 1.29 is 9.60 Å². The molecule has 2 rings (SSSR count). The Morgan fingerprint density at radius 3 is 2.81 bits per heavy atom. The van der Waals surface area contributed by atoms with Gasteiger partial charge >= 0.3 is 0 Å². The van der Waals surface area contributed by atoms with Gasteiger partial charge in [-0.25, -0.2) is 4.39 Å². The van der Waals surface area contributed by atoms with Crippen molar-refractivity contribution in [3.8, 4) is 0 Å². The lowest BCUT2D eigenvalue weighted by atomic mass is 10.0. The molecule has 0 atom stereocenters. The van der Waals surface area contributed by atoms with E-state index in [0.717, 1.165) is 18.9 Å². The third kappa shape index (κ3) is 4.70. The number of hydrogen-bond acceptors (Lipinski definition) is 3. The number of hydrogen-bond donors (Lipinski definition) is 3.